The molecule has 3 aliphatic heterocycles. The Morgan fingerprint density at radius 1 is 0.957 bits per heavy atom. The summed E-state index contributed by atoms with van der Waals surface area (Å²) in [5.74, 6) is 0.741. The summed E-state index contributed by atoms with van der Waals surface area (Å²) < 4.78 is 5.54. The summed E-state index contributed by atoms with van der Waals surface area (Å²) in [4.78, 5) is 43.8. The molecule has 0 spiro atoms. The second-order valence-corrected chi connectivity index (χ2v) is 14.4. The van der Waals surface area contributed by atoms with Crippen LogP contribution in [0.25, 0.3) is 0 Å². The molecule has 1 aromatic heterocycles. The van der Waals surface area contributed by atoms with Gasteiger partial charge in [0.25, 0.3) is 5.91 Å². The smallest absolute Gasteiger partial charge is 0.410 e. The van der Waals surface area contributed by atoms with Crippen LogP contribution in [0.1, 0.15) is 75.1 Å². The monoisotopic (exact) mass is 649 g/mol. The number of amides is 2. The molecule has 3 aliphatic rings. The van der Waals surface area contributed by atoms with Crippen molar-refractivity contribution in [3.8, 4) is 0 Å². The van der Waals surface area contributed by atoms with E-state index in [2.05, 4.69) is 56.4 Å². The molecule has 47 heavy (non-hydrogen) atoms. The zero-order valence-electron chi connectivity index (χ0n) is 29.3. The molecule has 12 nitrogen and oxygen atoms in total. The minimum atomic E-state index is -0.618. The highest BCUT2D eigenvalue weighted by Gasteiger charge is 2.29. The van der Waals surface area contributed by atoms with E-state index in [1.807, 2.05) is 33.8 Å². The number of carbonyl (C=O) groups is 2. The van der Waals surface area contributed by atoms with E-state index in [0.717, 1.165) is 44.7 Å². The van der Waals surface area contributed by atoms with Crippen LogP contribution in [0.15, 0.2) is 18.2 Å². The first-order chi connectivity index (χ1) is 22.4. The summed E-state index contributed by atoms with van der Waals surface area (Å²) >= 11 is 0. The van der Waals surface area contributed by atoms with E-state index >= 15 is 0 Å². The van der Waals surface area contributed by atoms with Crippen molar-refractivity contribution in [1.29, 1.82) is 0 Å². The van der Waals surface area contributed by atoms with Crippen molar-refractivity contribution in [2.24, 2.45) is 11.7 Å². The fourth-order valence-electron chi connectivity index (χ4n) is 6.89. The molecule has 0 bridgehead atoms. The molecule has 3 fully saturated rings. The third-order valence-electron chi connectivity index (χ3n) is 9.68. The van der Waals surface area contributed by atoms with Crippen molar-refractivity contribution in [3.05, 3.63) is 35.2 Å². The summed E-state index contributed by atoms with van der Waals surface area (Å²) in [6.45, 7) is 18.5. The standard InChI is InChI=1S/C35H55N9O3/c1-7-28-32(37-23-25-10-14-44(15-11-25)34(46)47-35(3,4)5)40-33(30(39-28)31(36)45)38-26-8-9-29(24(2)22-26)43-16-12-27(13-17-43)42-20-18-41(6)19-21-42/h8-9,22,25,27H,7,10-21,23H2,1-6H3,(H2,36,45)(H2,37,38,40). The largest absolute Gasteiger partial charge is 0.444 e. The van der Waals surface area contributed by atoms with Gasteiger partial charge in [0.2, 0.25) is 0 Å². The van der Waals surface area contributed by atoms with Crippen LogP contribution in [0.4, 0.5) is 27.8 Å². The van der Waals surface area contributed by atoms with Crippen LogP contribution in [-0.2, 0) is 11.2 Å². The predicted molar refractivity (Wildman–Crippen MR) is 188 cm³/mol. The summed E-state index contributed by atoms with van der Waals surface area (Å²) in [5.41, 5.74) is 9.35. The molecule has 3 saturated heterocycles. The average molecular weight is 650 g/mol. The van der Waals surface area contributed by atoms with Gasteiger partial charge in [-0.3, -0.25) is 9.69 Å². The molecule has 0 aliphatic carbocycles. The fraction of sp³-hybridized carbons (Fsp3) is 0.657. The molecule has 4 N–H and O–H groups in total. The molecule has 2 aromatic rings. The van der Waals surface area contributed by atoms with E-state index in [0.29, 0.717) is 55.3 Å². The van der Waals surface area contributed by atoms with Crippen LogP contribution in [0.3, 0.4) is 0 Å². The number of nitrogens with two attached hydrogens (primary N) is 1. The van der Waals surface area contributed by atoms with Crippen molar-refractivity contribution in [1.82, 2.24) is 24.7 Å². The summed E-state index contributed by atoms with van der Waals surface area (Å²) in [7, 11) is 2.21. The van der Waals surface area contributed by atoms with Gasteiger partial charge < -0.3 is 35.8 Å². The number of piperazine rings is 1. The Labute approximate surface area is 280 Å². The quantitative estimate of drug-likeness (QED) is 0.358. The topological polar surface area (TPSA) is 132 Å². The van der Waals surface area contributed by atoms with Crippen LogP contribution in [-0.4, -0.2) is 114 Å². The molecule has 0 atom stereocenters. The fourth-order valence-corrected chi connectivity index (χ4v) is 6.89. The minimum absolute atomic E-state index is 0.130. The van der Waals surface area contributed by atoms with Crippen molar-refractivity contribution in [2.75, 3.05) is 81.5 Å². The number of aromatic nitrogens is 2. The first-order valence-corrected chi connectivity index (χ1v) is 17.4. The first-order valence-electron chi connectivity index (χ1n) is 17.4. The molecular weight excluding hydrogens is 594 g/mol. The van der Waals surface area contributed by atoms with E-state index in [4.69, 9.17) is 15.5 Å². The minimum Gasteiger partial charge on any atom is -0.444 e. The molecule has 258 valence electrons. The van der Waals surface area contributed by atoms with Gasteiger partial charge in [0.15, 0.2) is 11.5 Å². The molecule has 0 saturated carbocycles. The van der Waals surface area contributed by atoms with Gasteiger partial charge in [-0.05, 0) is 96.5 Å². The normalized spacial score (nSPS) is 19.1. The van der Waals surface area contributed by atoms with Crippen LogP contribution in [0.5, 0.6) is 0 Å². The van der Waals surface area contributed by atoms with Crippen molar-refractivity contribution < 1.29 is 14.3 Å². The van der Waals surface area contributed by atoms with Gasteiger partial charge in [-0.1, -0.05) is 6.92 Å². The van der Waals surface area contributed by atoms with Crippen molar-refractivity contribution >= 4 is 35.0 Å². The molecular formula is C35H55N9O3. The van der Waals surface area contributed by atoms with Gasteiger partial charge in [-0.15, -0.1) is 0 Å². The lowest BCUT2D eigenvalue weighted by Crippen LogP contribution is -2.52. The number of nitrogens with zero attached hydrogens (tertiary/aromatic N) is 6. The number of carbonyl (C=O) groups excluding carboxylic acids is 2. The zero-order valence-corrected chi connectivity index (χ0v) is 29.3. The van der Waals surface area contributed by atoms with Gasteiger partial charge in [0.05, 0.1) is 5.69 Å². The van der Waals surface area contributed by atoms with Gasteiger partial charge in [-0.25, -0.2) is 14.8 Å². The maximum atomic E-state index is 12.5. The van der Waals surface area contributed by atoms with E-state index < -0.39 is 11.5 Å². The number of rotatable bonds is 9. The highest BCUT2D eigenvalue weighted by molar-refractivity contribution is 5.96. The van der Waals surface area contributed by atoms with Crippen LogP contribution in [0.2, 0.25) is 0 Å². The summed E-state index contributed by atoms with van der Waals surface area (Å²) in [6.07, 6.45) is 4.45. The lowest BCUT2D eigenvalue weighted by Gasteiger charge is -2.43. The number of likely N-dealkylation sites (N-methyl/N-ethyl adjacent to an activating group) is 1. The number of benzene rings is 1. The lowest BCUT2D eigenvalue weighted by molar-refractivity contribution is 0.0188. The Bertz CT molecular complexity index is 1390. The van der Waals surface area contributed by atoms with Crippen LogP contribution < -0.4 is 21.3 Å². The first kappa shape index (κ1) is 34.7. The van der Waals surface area contributed by atoms with Gasteiger partial charge in [-0.2, -0.15) is 0 Å². The number of primary amides is 1. The maximum Gasteiger partial charge on any atom is 0.410 e. The maximum absolute atomic E-state index is 12.5. The Morgan fingerprint density at radius 3 is 2.23 bits per heavy atom. The van der Waals surface area contributed by atoms with E-state index in [1.54, 1.807) is 4.90 Å². The van der Waals surface area contributed by atoms with E-state index in [-0.39, 0.29) is 11.8 Å². The van der Waals surface area contributed by atoms with Crippen molar-refractivity contribution in [3.63, 3.8) is 0 Å². The predicted octanol–water partition coefficient (Wildman–Crippen LogP) is 4.47. The Balaban J connectivity index is 1.21. The van der Waals surface area contributed by atoms with Gasteiger partial charge in [0, 0.05) is 76.3 Å². The molecule has 0 radical (unpaired) electrons. The molecule has 2 amide bonds. The highest BCUT2D eigenvalue weighted by atomic mass is 16.6. The van der Waals surface area contributed by atoms with Crippen LogP contribution in [0, 0.1) is 12.8 Å². The zero-order chi connectivity index (χ0) is 33.7. The SMILES string of the molecule is CCc1nc(C(N)=O)c(Nc2ccc(N3CCC(N4CCN(C)CC4)CC3)c(C)c2)nc1NCC1CCN(C(=O)OC(C)(C)C)CC1. The number of nitrogens with one attached hydrogen (secondary N) is 2. The summed E-state index contributed by atoms with van der Waals surface area (Å²) in [5, 5.41) is 6.83. The number of ether oxygens (including phenoxy) is 1. The van der Waals surface area contributed by atoms with Crippen LogP contribution >= 0.6 is 0 Å². The molecule has 12 heteroatoms. The lowest BCUT2D eigenvalue weighted by atomic mass is 9.97. The third-order valence-corrected chi connectivity index (χ3v) is 9.68. The Kier molecular flexibility index (Phi) is 11.1. The second kappa shape index (κ2) is 15.1. The van der Waals surface area contributed by atoms with Crippen molar-refractivity contribution in [2.45, 2.75) is 78.4 Å². The molecule has 5 rings (SSSR count). The van der Waals surface area contributed by atoms with E-state index in [1.165, 1.54) is 37.2 Å². The van der Waals surface area contributed by atoms with E-state index in [9.17, 15) is 9.59 Å². The Morgan fingerprint density at radius 2 is 1.64 bits per heavy atom. The molecule has 0 unspecified atom stereocenters. The number of likely N-dealkylation sites (tertiary alicyclic amines) is 1. The highest BCUT2D eigenvalue weighted by Crippen LogP contribution is 2.30. The number of piperidine rings is 2. The average Bonchev–Trinajstić information content (AvgIpc) is 3.03. The second-order valence-electron chi connectivity index (χ2n) is 14.4. The van der Waals surface area contributed by atoms with Gasteiger partial charge in [0.1, 0.15) is 11.4 Å². The van der Waals surface area contributed by atoms with Gasteiger partial charge >= 0.3 is 6.09 Å². The third kappa shape index (κ3) is 9.04. The summed E-state index contributed by atoms with van der Waals surface area (Å²) in [6, 6.07) is 6.98. The number of aryl methyl sites for hydroxylation is 2. The number of hydrogen-bond donors (Lipinski definition) is 3. The molecule has 4 heterocycles. The number of hydrogen-bond acceptors (Lipinski definition) is 10. The number of anilines is 4. The molecule has 1 aromatic carbocycles. The Hall–Kier alpha value is -3.64.